The van der Waals surface area contributed by atoms with Gasteiger partial charge in [-0.1, -0.05) is 35.5 Å². The maximum Gasteiger partial charge on any atom is 0.248 e. The second-order valence-corrected chi connectivity index (χ2v) is 5.38. The van der Waals surface area contributed by atoms with Crippen molar-refractivity contribution in [3.05, 3.63) is 47.6 Å². The highest BCUT2D eigenvalue weighted by molar-refractivity contribution is 5.23. The third kappa shape index (κ3) is 2.46. The molecule has 1 aliphatic rings. The predicted molar refractivity (Wildman–Crippen MR) is 73.9 cm³/mol. The second-order valence-electron chi connectivity index (χ2n) is 5.38. The van der Waals surface area contributed by atoms with Gasteiger partial charge in [-0.2, -0.15) is 4.98 Å². The van der Waals surface area contributed by atoms with E-state index in [9.17, 15) is 0 Å². The first-order valence-corrected chi connectivity index (χ1v) is 6.98. The van der Waals surface area contributed by atoms with E-state index >= 15 is 0 Å². The monoisotopic (exact) mass is 273 g/mol. The average Bonchev–Trinajstić information content (AvgIpc) is 2.99. The number of rotatable bonds is 3. The maximum absolute atomic E-state index is 6.17. The minimum absolute atomic E-state index is 0.398. The van der Waals surface area contributed by atoms with Crippen LogP contribution in [0.2, 0.25) is 0 Å². The lowest BCUT2D eigenvalue weighted by Gasteiger charge is -2.30. The Morgan fingerprint density at radius 2 is 2.05 bits per heavy atom. The highest BCUT2D eigenvalue weighted by Crippen LogP contribution is 2.33. The van der Waals surface area contributed by atoms with Crippen molar-refractivity contribution in [1.29, 1.82) is 0 Å². The standard InChI is InChI=1S/C15H19N3O2/c1-15(9-5-6-10-19-15)14-17-13(20-18-14)12(16)11-7-3-2-4-8-11/h2-4,7-8,12H,5-6,9-10,16H2,1H3. The number of nitrogens with zero attached hydrogens (tertiary/aromatic N) is 2. The van der Waals surface area contributed by atoms with Gasteiger partial charge in [0.05, 0.1) is 0 Å². The van der Waals surface area contributed by atoms with Gasteiger partial charge in [-0.3, -0.25) is 0 Å². The fourth-order valence-corrected chi connectivity index (χ4v) is 2.49. The van der Waals surface area contributed by atoms with Crippen molar-refractivity contribution in [1.82, 2.24) is 10.1 Å². The van der Waals surface area contributed by atoms with Gasteiger partial charge in [0.2, 0.25) is 11.7 Å². The molecule has 1 aromatic carbocycles. The number of hydrogen-bond donors (Lipinski definition) is 1. The highest BCUT2D eigenvalue weighted by Gasteiger charge is 2.35. The number of ether oxygens (including phenoxy) is 1. The minimum Gasteiger partial charge on any atom is -0.367 e. The molecule has 0 aliphatic carbocycles. The predicted octanol–water partition coefficient (Wildman–Crippen LogP) is 2.53. The van der Waals surface area contributed by atoms with Crippen molar-refractivity contribution < 1.29 is 9.26 Å². The topological polar surface area (TPSA) is 74.2 Å². The van der Waals surface area contributed by atoms with Gasteiger partial charge in [0, 0.05) is 6.61 Å². The fourth-order valence-electron chi connectivity index (χ4n) is 2.49. The molecule has 1 aliphatic heterocycles. The van der Waals surface area contributed by atoms with Gasteiger partial charge in [0.15, 0.2) is 0 Å². The molecule has 2 heterocycles. The van der Waals surface area contributed by atoms with Crippen LogP contribution in [0.4, 0.5) is 0 Å². The Kier molecular flexibility index (Phi) is 3.54. The van der Waals surface area contributed by atoms with Crippen molar-refractivity contribution in [2.75, 3.05) is 6.61 Å². The van der Waals surface area contributed by atoms with Gasteiger partial charge in [-0.25, -0.2) is 0 Å². The van der Waals surface area contributed by atoms with E-state index in [0.29, 0.717) is 11.7 Å². The molecule has 0 saturated carbocycles. The number of hydrogen-bond acceptors (Lipinski definition) is 5. The summed E-state index contributed by atoms with van der Waals surface area (Å²) in [5.74, 6) is 1.03. The van der Waals surface area contributed by atoms with E-state index in [4.69, 9.17) is 15.0 Å². The number of aromatic nitrogens is 2. The van der Waals surface area contributed by atoms with Crippen LogP contribution in [0, 0.1) is 0 Å². The van der Waals surface area contributed by atoms with Crippen molar-refractivity contribution >= 4 is 0 Å². The number of benzene rings is 1. The summed E-state index contributed by atoms with van der Waals surface area (Å²) in [6, 6.07) is 9.34. The Hall–Kier alpha value is -1.72. The average molecular weight is 273 g/mol. The molecule has 0 amide bonds. The SMILES string of the molecule is CC1(c2noc(C(N)c3ccccc3)n2)CCCCO1. The molecule has 1 saturated heterocycles. The molecule has 1 fully saturated rings. The molecule has 0 bridgehead atoms. The Bertz CT molecular complexity index is 562. The van der Waals surface area contributed by atoms with Gasteiger partial charge < -0.3 is 15.0 Å². The van der Waals surface area contributed by atoms with E-state index in [1.54, 1.807) is 0 Å². The summed E-state index contributed by atoms with van der Waals surface area (Å²) in [6.07, 6.45) is 3.11. The van der Waals surface area contributed by atoms with Crippen LogP contribution in [0.1, 0.15) is 49.5 Å². The molecule has 20 heavy (non-hydrogen) atoms. The van der Waals surface area contributed by atoms with Gasteiger partial charge in [-0.05, 0) is 31.7 Å². The van der Waals surface area contributed by atoms with E-state index in [-0.39, 0.29) is 0 Å². The zero-order valence-corrected chi connectivity index (χ0v) is 11.6. The van der Waals surface area contributed by atoms with E-state index in [0.717, 1.165) is 31.4 Å². The molecule has 0 spiro atoms. The zero-order chi connectivity index (χ0) is 14.0. The Morgan fingerprint density at radius 3 is 2.75 bits per heavy atom. The molecule has 2 atom stereocenters. The van der Waals surface area contributed by atoms with Crippen molar-refractivity contribution in [2.45, 2.75) is 37.8 Å². The van der Waals surface area contributed by atoms with Crippen LogP contribution >= 0.6 is 0 Å². The fraction of sp³-hybridized carbons (Fsp3) is 0.467. The van der Waals surface area contributed by atoms with Crippen LogP contribution < -0.4 is 5.73 Å². The van der Waals surface area contributed by atoms with E-state index in [2.05, 4.69) is 10.1 Å². The zero-order valence-electron chi connectivity index (χ0n) is 11.6. The minimum atomic E-state index is -0.448. The van der Waals surface area contributed by atoms with Gasteiger partial charge in [0.1, 0.15) is 11.6 Å². The summed E-state index contributed by atoms with van der Waals surface area (Å²) in [5.41, 5.74) is 6.67. The van der Waals surface area contributed by atoms with Crippen molar-refractivity contribution in [3.8, 4) is 0 Å². The van der Waals surface area contributed by atoms with Gasteiger partial charge >= 0.3 is 0 Å². The first-order valence-electron chi connectivity index (χ1n) is 6.98. The highest BCUT2D eigenvalue weighted by atomic mass is 16.5. The largest absolute Gasteiger partial charge is 0.367 e. The molecule has 1 aromatic heterocycles. The lowest BCUT2D eigenvalue weighted by molar-refractivity contribution is -0.0770. The first-order chi connectivity index (χ1) is 9.69. The molecular weight excluding hydrogens is 254 g/mol. The molecule has 2 aromatic rings. The quantitative estimate of drug-likeness (QED) is 0.930. The van der Waals surface area contributed by atoms with Crippen LogP contribution in [0.5, 0.6) is 0 Å². The lowest BCUT2D eigenvalue weighted by Crippen LogP contribution is -2.31. The van der Waals surface area contributed by atoms with Crippen LogP contribution in [-0.2, 0) is 10.3 Å². The lowest BCUT2D eigenvalue weighted by atomic mass is 9.95. The first kappa shape index (κ1) is 13.3. The summed E-state index contributed by atoms with van der Waals surface area (Å²) in [4.78, 5) is 4.45. The molecule has 5 nitrogen and oxygen atoms in total. The molecule has 0 radical (unpaired) electrons. The second kappa shape index (κ2) is 5.34. The summed E-state index contributed by atoms with van der Waals surface area (Å²) < 4.78 is 11.2. The third-order valence-corrected chi connectivity index (χ3v) is 3.81. The van der Waals surface area contributed by atoms with Gasteiger partial charge in [-0.15, -0.1) is 0 Å². The molecule has 5 heteroatoms. The summed E-state index contributed by atoms with van der Waals surface area (Å²) >= 11 is 0. The van der Waals surface area contributed by atoms with Crippen LogP contribution in [0.25, 0.3) is 0 Å². The van der Waals surface area contributed by atoms with E-state index in [1.807, 2.05) is 37.3 Å². The molecule has 106 valence electrons. The Morgan fingerprint density at radius 1 is 1.25 bits per heavy atom. The Balaban J connectivity index is 1.83. The molecule has 2 unspecified atom stereocenters. The van der Waals surface area contributed by atoms with Crippen LogP contribution in [0.15, 0.2) is 34.9 Å². The summed E-state index contributed by atoms with van der Waals surface area (Å²) in [7, 11) is 0. The summed E-state index contributed by atoms with van der Waals surface area (Å²) in [5, 5.41) is 4.07. The number of nitrogens with two attached hydrogens (primary N) is 1. The van der Waals surface area contributed by atoms with Crippen LogP contribution in [-0.4, -0.2) is 16.7 Å². The maximum atomic E-state index is 6.17. The van der Waals surface area contributed by atoms with Crippen molar-refractivity contribution in [3.63, 3.8) is 0 Å². The van der Waals surface area contributed by atoms with Crippen LogP contribution in [0.3, 0.4) is 0 Å². The van der Waals surface area contributed by atoms with E-state index < -0.39 is 11.6 Å². The molecule has 2 N–H and O–H groups in total. The smallest absolute Gasteiger partial charge is 0.248 e. The Labute approximate surface area is 118 Å². The van der Waals surface area contributed by atoms with Crippen molar-refractivity contribution in [2.24, 2.45) is 5.73 Å². The summed E-state index contributed by atoms with van der Waals surface area (Å²) in [6.45, 7) is 2.75. The van der Waals surface area contributed by atoms with Gasteiger partial charge in [0.25, 0.3) is 0 Å². The third-order valence-electron chi connectivity index (χ3n) is 3.81. The normalized spacial score (nSPS) is 24.5. The molecular formula is C15H19N3O2. The van der Waals surface area contributed by atoms with E-state index in [1.165, 1.54) is 0 Å². The molecule has 3 rings (SSSR count).